The van der Waals surface area contributed by atoms with Gasteiger partial charge in [0.15, 0.2) is 5.78 Å². The van der Waals surface area contributed by atoms with Crippen molar-refractivity contribution in [3.8, 4) is 0 Å². The van der Waals surface area contributed by atoms with Crippen LogP contribution in [0.1, 0.15) is 48.0 Å². The lowest BCUT2D eigenvalue weighted by atomic mass is 9.82. The van der Waals surface area contributed by atoms with Gasteiger partial charge in [0.2, 0.25) is 0 Å². The van der Waals surface area contributed by atoms with Crippen molar-refractivity contribution in [3.63, 3.8) is 0 Å². The van der Waals surface area contributed by atoms with Crippen LogP contribution in [-0.4, -0.2) is 19.0 Å². The van der Waals surface area contributed by atoms with Crippen LogP contribution >= 0.6 is 11.6 Å². The van der Waals surface area contributed by atoms with Crippen molar-refractivity contribution in [2.75, 3.05) is 7.11 Å². The third kappa shape index (κ3) is 3.37. The quantitative estimate of drug-likeness (QED) is 0.763. The van der Waals surface area contributed by atoms with E-state index in [1.807, 2.05) is 19.1 Å². The van der Waals surface area contributed by atoms with Crippen molar-refractivity contribution >= 4 is 17.4 Å². The van der Waals surface area contributed by atoms with Crippen molar-refractivity contribution in [2.45, 2.75) is 45.1 Å². The molecule has 0 radical (unpaired) electrons. The Labute approximate surface area is 120 Å². The first kappa shape index (κ1) is 14.5. The number of carbonyl (C=O) groups excluding carboxylic acids is 1. The smallest absolute Gasteiger partial charge is 0.191 e. The molecular weight excluding hydrogens is 260 g/mol. The number of ether oxygens (including phenoxy) is 1. The lowest BCUT2D eigenvalue weighted by Crippen LogP contribution is -2.33. The lowest BCUT2D eigenvalue weighted by molar-refractivity contribution is 0.0314. The van der Waals surface area contributed by atoms with Gasteiger partial charge in [-0.05, 0) is 37.3 Å². The van der Waals surface area contributed by atoms with E-state index in [9.17, 15) is 4.79 Å². The van der Waals surface area contributed by atoms with E-state index in [1.54, 1.807) is 13.2 Å². The largest absolute Gasteiger partial charge is 0.373 e. The molecule has 1 aromatic carbocycles. The fraction of sp³-hybridized carbons (Fsp3) is 0.562. The molecule has 2 rings (SSSR count). The molecule has 0 aliphatic heterocycles. The zero-order valence-corrected chi connectivity index (χ0v) is 12.4. The maximum absolute atomic E-state index is 12.6. The van der Waals surface area contributed by atoms with Crippen molar-refractivity contribution in [2.24, 2.45) is 5.92 Å². The first-order chi connectivity index (χ1) is 9.13. The van der Waals surface area contributed by atoms with E-state index in [-0.39, 0.29) is 11.9 Å². The highest BCUT2D eigenvalue weighted by Crippen LogP contribution is 2.30. The molecule has 0 heterocycles. The van der Waals surface area contributed by atoms with Gasteiger partial charge in [0.1, 0.15) is 6.10 Å². The second-order valence-corrected chi connectivity index (χ2v) is 5.79. The molecule has 1 saturated carbocycles. The summed E-state index contributed by atoms with van der Waals surface area (Å²) in [6.45, 7) is 1.94. The molecule has 1 aliphatic rings. The maximum Gasteiger partial charge on any atom is 0.191 e. The van der Waals surface area contributed by atoms with Crippen LogP contribution in [0.25, 0.3) is 0 Å². The Morgan fingerprint density at radius 3 is 2.58 bits per heavy atom. The fourth-order valence-electron chi connectivity index (χ4n) is 2.86. The molecule has 0 N–H and O–H groups in total. The number of halogens is 1. The topological polar surface area (TPSA) is 26.3 Å². The summed E-state index contributed by atoms with van der Waals surface area (Å²) in [7, 11) is 1.63. The molecule has 1 aliphatic carbocycles. The molecule has 104 valence electrons. The van der Waals surface area contributed by atoms with E-state index in [1.165, 1.54) is 19.3 Å². The molecule has 2 nitrogen and oxygen atoms in total. The summed E-state index contributed by atoms with van der Waals surface area (Å²) in [5, 5.41) is 0.643. The van der Waals surface area contributed by atoms with Gasteiger partial charge in [0.25, 0.3) is 0 Å². The fourth-order valence-corrected chi connectivity index (χ4v) is 3.04. The van der Waals surface area contributed by atoms with Crippen molar-refractivity contribution < 1.29 is 9.53 Å². The molecule has 0 aromatic heterocycles. The predicted molar refractivity (Wildman–Crippen MR) is 77.9 cm³/mol. The highest BCUT2D eigenvalue weighted by molar-refractivity contribution is 6.31. The highest BCUT2D eigenvalue weighted by Gasteiger charge is 2.30. The molecule has 0 amide bonds. The number of ketones is 1. The Kier molecular flexibility index (Phi) is 5.00. The van der Waals surface area contributed by atoms with Crippen LogP contribution in [0.3, 0.4) is 0 Å². The summed E-state index contributed by atoms with van der Waals surface area (Å²) in [6, 6.07) is 5.50. The molecule has 3 heteroatoms. The van der Waals surface area contributed by atoms with Crippen LogP contribution in [0, 0.1) is 12.8 Å². The zero-order valence-electron chi connectivity index (χ0n) is 11.6. The maximum atomic E-state index is 12.6. The second-order valence-electron chi connectivity index (χ2n) is 5.38. The lowest BCUT2D eigenvalue weighted by Gasteiger charge is -2.28. The van der Waals surface area contributed by atoms with E-state index in [4.69, 9.17) is 16.3 Å². The number of methoxy groups -OCH3 is 1. The third-order valence-corrected chi connectivity index (χ3v) is 4.45. The van der Waals surface area contributed by atoms with Gasteiger partial charge in [-0.15, -0.1) is 0 Å². The highest BCUT2D eigenvalue weighted by atomic mass is 35.5. The zero-order chi connectivity index (χ0) is 13.8. The van der Waals surface area contributed by atoms with E-state index in [0.717, 1.165) is 18.4 Å². The van der Waals surface area contributed by atoms with E-state index in [0.29, 0.717) is 16.5 Å². The number of rotatable bonds is 4. The van der Waals surface area contributed by atoms with Gasteiger partial charge in [0.05, 0.1) is 0 Å². The Bertz CT molecular complexity index is 450. The summed E-state index contributed by atoms with van der Waals surface area (Å²) < 4.78 is 5.48. The Morgan fingerprint density at radius 2 is 2.00 bits per heavy atom. The Balaban J connectivity index is 2.17. The molecule has 1 fully saturated rings. The summed E-state index contributed by atoms with van der Waals surface area (Å²) >= 11 is 6.10. The number of hydrogen-bond acceptors (Lipinski definition) is 2. The standard InChI is InChI=1S/C16H21ClO2/c1-11-8-9-13(10-14(11)17)15(18)16(19-2)12-6-4-3-5-7-12/h8-10,12,16H,3-7H2,1-2H3. The molecule has 1 aromatic rings. The monoisotopic (exact) mass is 280 g/mol. The predicted octanol–water partition coefficient (Wildman–Crippen LogP) is 4.43. The minimum absolute atomic E-state index is 0.0660. The van der Waals surface area contributed by atoms with Gasteiger partial charge in [-0.2, -0.15) is 0 Å². The second kappa shape index (κ2) is 6.53. The van der Waals surface area contributed by atoms with E-state index < -0.39 is 0 Å². The normalized spacial score (nSPS) is 18.3. The molecule has 0 spiro atoms. The summed E-state index contributed by atoms with van der Waals surface area (Å²) in [5.41, 5.74) is 1.65. The van der Waals surface area contributed by atoms with Crippen LogP contribution in [0.2, 0.25) is 5.02 Å². The average molecular weight is 281 g/mol. The molecule has 19 heavy (non-hydrogen) atoms. The number of benzene rings is 1. The van der Waals surface area contributed by atoms with E-state index >= 15 is 0 Å². The average Bonchev–Trinajstić information content (AvgIpc) is 2.44. The summed E-state index contributed by atoms with van der Waals surface area (Å²) in [6.07, 6.45) is 5.53. The molecule has 1 atom stereocenters. The minimum Gasteiger partial charge on any atom is -0.373 e. The van der Waals surface area contributed by atoms with Gasteiger partial charge in [-0.1, -0.05) is 43.0 Å². The van der Waals surface area contributed by atoms with Crippen molar-refractivity contribution in [3.05, 3.63) is 34.3 Å². The Morgan fingerprint density at radius 1 is 1.32 bits per heavy atom. The third-order valence-electron chi connectivity index (χ3n) is 4.05. The molecule has 1 unspecified atom stereocenters. The van der Waals surface area contributed by atoms with Gasteiger partial charge in [0, 0.05) is 17.7 Å². The molecule has 0 saturated heterocycles. The van der Waals surface area contributed by atoms with Crippen LogP contribution in [-0.2, 0) is 4.74 Å². The van der Waals surface area contributed by atoms with Crippen LogP contribution in [0.5, 0.6) is 0 Å². The van der Waals surface area contributed by atoms with Crippen molar-refractivity contribution in [1.82, 2.24) is 0 Å². The summed E-state index contributed by atoms with van der Waals surface area (Å²) in [5.74, 6) is 0.419. The Hall–Kier alpha value is -0.860. The molecule has 0 bridgehead atoms. The van der Waals surface area contributed by atoms with Gasteiger partial charge in [-0.25, -0.2) is 0 Å². The number of aryl methyl sites for hydroxylation is 1. The number of Topliss-reactive ketones (excluding diaryl/α,β-unsaturated/α-hetero) is 1. The summed E-state index contributed by atoms with van der Waals surface area (Å²) in [4.78, 5) is 12.6. The molecular formula is C16H21ClO2. The van der Waals surface area contributed by atoms with Crippen LogP contribution in [0.15, 0.2) is 18.2 Å². The SMILES string of the molecule is COC(C(=O)c1ccc(C)c(Cl)c1)C1CCCCC1. The first-order valence-electron chi connectivity index (χ1n) is 6.96. The number of carbonyl (C=O) groups is 1. The first-order valence-corrected chi connectivity index (χ1v) is 7.34. The van der Waals surface area contributed by atoms with Gasteiger partial charge in [-0.3, -0.25) is 4.79 Å². The minimum atomic E-state index is -0.320. The van der Waals surface area contributed by atoms with Gasteiger partial charge >= 0.3 is 0 Å². The van der Waals surface area contributed by atoms with Crippen molar-refractivity contribution in [1.29, 1.82) is 0 Å². The van der Waals surface area contributed by atoms with E-state index in [2.05, 4.69) is 0 Å². The van der Waals surface area contributed by atoms with Gasteiger partial charge < -0.3 is 4.74 Å². The number of hydrogen-bond donors (Lipinski definition) is 0. The van der Waals surface area contributed by atoms with Crippen LogP contribution in [0.4, 0.5) is 0 Å². The van der Waals surface area contributed by atoms with Crippen LogP contribution < -0.4 is 0 Å².